The average Bonchev–Trinajstić information content (AvgIpc) is 3.01. The number of nitrogens with one attached hydrogen (secondary N) is 1. The number of pyridine rings is 1. The van der Waals surface area contributed by atoms with Gasteiger partial charge in [0.2, 0.25) is 0 Å². The molecule has 0 bridgehead atoms. The first-order valence-corrected chi connectivity index (χ1v) is 7.45. The van der Waals surface area contributed by atoms with Gasteiger partial charge in [0, 0.05) is 12.6 Å². The summed E-state index contributed by atoms with van der Waals surface area (Å²) in [6, 6.07) is 11.2. The molecule has 0 atom stereocenters. The van der Waals surface area contributed by atoms with E-state index in [1.807, 2.05) is 37.3 Å². The summed E-state index contributed by atoms with van der Waals surface area (Å²) < 4.78 is 6.51. The summed E-state index contributed by atoms with van der Waals surface area (Å²) in [5, 5.41) is 0. The lowest BCUT2D eigenvalue weighted by atomic mass is 10.2. The Kier molecular flexibility index (Phi) is 4.23. The molecule has 118 valence electrons. The molecule has 6 heteroatoms. The van der Waals surface area contributed by atoms with Gasteiger partial charge in [-0.15, -0.1) is 0 Å². The van der Waals surface area contributed by atoms with Crippen LogP contribution in [0.4, 0.5) is 0 Å². The summed E-state index contributed by atoms with van der Waals surface area (Å²) in [6.07, 6.45) is 2.29. The Morgan fingerprint density at radius 2 is 2.04 bits per heavy atom. The zero-order valence-electron chi connectivity index (χ0n) is 12.8. The number of carbonyl (C=O) groups excluding carboxylic acids is 1. The third kappa shape index (κ3) is 3.31. The first kappa shape index (κ1) is 15.0. The van der Waals surface area contributed by atoms with Crippen LogP contribution >= 0.6 is 0 Å². The molecule has 0 unspecified atom stereocenters. The molecule has 6 nitrogen and oxygen atoms in total. The normalized spacial score (nSPS) is 10.8. The van der Waals surface area contributed by atoms with Crippen molar-refractivity contribution in [2.45, 2.75) is 26.5 Å². The van der Waals surface area contributed by atoms with Gasteiger partial charge in [0.25, 0.3) is 5.56 Å². The van der Waals surface area contributed by atoms with Crippen LogP contribution in [0.5, 0.6) is 0 Å². The number of nitrogens with zero attached hydrogens (tertiary/aromatic N) is 2. The largest absolute Gasteiger partial charge is 0.459 e. The first-order chi connectivity index (χ1) is 11.2. The number of esters is 1. The molecular weight excluding hydrogens is 294 g/mol. The molecule has 3 aromatic rings. The van der Waals surface area contributed by atoms with Crippen LogP contribution in [0.3, 0.4) is 0 Å². The minimum Gasteiger partial charge on any atom is -0.459 e. The maximum Gasteiger partial charge on any atom is 0.326 e. The monoisotopic (exact) mass is 311 g/mol. The van der Waals surface area contributed by atoms with E-state index in [1.165, 1.54) is 4.57 Å². The lowest BCUT2D eigenvalue weighted by Crippen LogP contribution is -2.25. The van der Waals surface area contributed by atoms with Crippen LogP contribution in [0.1, 0.15) is 18.3 Å². The number of imidazole rings is 1. The molecule has 0 aliphatic carbocycles. The van der Waals surface area contributed by atoms with Gasteiger partial charge in [-0.05, 0) is 11.6 Å². The second-order valence-electron chi connectivity index (χ2n) is 5.19. The Morgan fingerprint density at radius 3 is 2.78 bits per heavy atom. The fourth-order valence-corrected chi connectivity index (χ4v) is 2.30. The van der Waals surface area contributed by atoms with Crippen molar-refractivity contribution >= 4 is 17.0 Å². The highest BCUT2D eigenvalue weighted by Gasteiger charge is 2.11. The van der Waals surface area contributed by atoms with Crippen LogP contribution in [-0.4, -0.2) is 20.5 Å². The number of aryl methyl sites for hydroxylation is 1. The van der Waals surface area contributed by atoms with Gasteiger partial charge < -0.3 is 14.3 Å². The lowest BCUT2D eigenvalue weighted by Gasteiger charge is -2.07. The molecule has 0 aliphatic rings. The van der Waals surface area contributed by atoms with E-state index in [-0.39, 0.29) is 18.7 Å². The zero-order valence-corrected chi connectivity index (χ0v) is 12.8. The van der Waals surface area contributed by atoms with Gasteiger partial charge in [-0.3, -0.25) is 9.59 Å². The molecular formula is C17H17N3O3. The molecule has 23 heavy (non-hydrogen) atoms. The lowest BCUT2D eigenvalue weighted by molar-refractivity contribution is -0.145. The van der Waals surface area contributed by atoms with Gasteiger partial charge in [-0.2, -0.15) is 0 Å². The predicted octanol–water partition coefficient (Wildman–Crippen LogP) is 2.03. The van der Waals surface area contributed by atoms with Crippen LogP contribution in [0.15, 0.2) is 47.4 Å². The Morgan fingerprint density at radius 1 is 1.26 bits per heavy atom. The molecule has 0 fully saturated rings. The van der Waals surface area contributed by atoms with Crippen molar-refractivity contribution in [1.82, 2.24) is 14.5 Å². The number of aromatic nitrogens is 3. The summed E-state index contributed by atoms with van der Waals surface area (Å²) in [7, 11) is 0. The van der Waals surface area contributed by atoms with Gasteiger partial charge in [0.05, 0.1) is 5.52 Å². The molecule has 1 aromatic carbocycles. The van der Waals surface area contributed by atoms with Crippen molar-refractivity contribution in [3.05, 3.63) is 64.3 Å². The molecule has 2 heterocycles. The Bertz CT molecular complexity index is 881. The van der Waals surface area contributed by atoms with Gasteiger partial charge in [0.1, 0.15) is 19.0 Å². The second-order valence-corrected chi connectivity index (χ2v) is 5.19. The number of benzene rings is 1. The number of rotatable bonds is 5. The third-order valence-corrected chi connectivity index (χ3v) is 3.54. The third-order valence-electron chi connectivity index (χ3n) is 3.54. The highest BCUT2D eigenvalue weighted by atomic mass is 16.5. The smallest absolute Gasteiger partial charge is 0.326 e. The number of carbonyl (C=O) groups is 1. The predicted molar refractivity (Wildman–Crippen MR) is 86.0 cm³/mol. The van der Waals surface area contributed by atoms with Crippen molar-refractivity contribution in [3.8, 4) is 0 Å². The zero-order chi connectivity index (χ0) is 16.2. The minimum atomic E-state index is -0.457. The van der Waals surface area contributed by atoms with E-state index >= 15 is 0 Å². The van der Waals surface area contributed by atoms with Crippen molar-refractivity contribution in [1.29, 1.82) is 0 Å². The fraction of sp³-hybridized carbons (Fsp3) is 0.235. The SMILES string of the molecule is CCc1nc2c(=O)n(CC(=O)OCc3ccccc3)ccc2[nH]1. The highest BCUT2D eigenvalue weighted by molar-refractivity contribution is 5.74. The molecule has 0 amide bonds. The molecule has 0 spiro atoms. The van der Waals surface area contributed by atoms with E-state index in [2.05, 4.69) is 9.97 Å². The van der Waals surface area contributed by atoms with Crippen molar-refractivity contribution in [3.63, 3.8) is 0 Å². The average molecular weight is 311 g/mol. The molecule has 3 rings (SSSR count). The maximum atomic E-state index is 12.3. The van der Waals surface area contributed by atoms with E-state index in [0.717, 1.165) is 11.4 Å². The minimum absolute atomic E-state index is 0.129. The van der Waals surface area contributed by atoms with Gasteiger partial charge >= 0.3 is 5.97 Å². The molecule has 0 aliphatic heterocycles. The maximum absolute atomic E-state index is 12.3. The van der Waals surface area contributed by atoms with Crippen LogP contribution in [0.25, 0.3) is 11.0 Å². The Labute approximate surface area is 132 Å². The van der Waals surface area contributed by atoms with Crippen LogP contribution in [-0.2, 0) is 29.1 Å². The summed E-state index contributed by atoms with van der Waals surface area (Å²) in [6.45, 7) is 2.02. The van der Waals surface area contributed by atoms with Crippen molar-refractivity contribution < 1.29 is 9.53 Å². The van der Waals surface area contributed by atoms with Gasteiger partial charge in [-0.1, -0.05) is 37.3 Å². The van der Waals surface area contributed by atoms with Crippen LogP contribution in [0.2, 0.25) is 0 Å². The van der Waals surface area contributed by atoms with Gasteiger partial charge in [-0.25, -0.2) is 4.98 Å². The van der Waals surface area contributed by atoms with E-state index in [4.69, 9.17) is 4.74 Å². The molecule has 0 radical (unpaired) electrons. The molecule has 1 N–H and O–H groups in total. The summed E-state index contributed by atoms with van der Waals surface area (Å²) >= 11 is 0. The molecule has 0 saturated heterocycles. The van der Waals surface area contributed by atoms with E-state index in [0.29, 0.717) is 17.5 Å². The Hall–Kier alpha value is -2.89. The number of fused-ring (bicyclic) bond motifs is 1. The molecule has 0 saturated carbocycles. The van der Waals surface area contributed by atoms with Crippen molar-refractivity contribution in [2.24, 2.45) is 0 Å². The first-order valence-electron chi connectivity index (χ1n) is 7.45. The summed E-state index contributed by atoms with van der Waals surface area (Å²) in [5.41, 5.74) is 1.64. The number of ether oxygens (including phenoxy) is 1. The fourth-order valence-electron chi connectivity index (χ4n) is 2.30. The standard InChI is InChI=1S/C17H17N3O3/c1-2-14-18-13-8-9-20(17(22)16(13)19-14)10-15(21)23-11-12-6-4-3-5-7-12/h3-9H,2,10-11H2,1H3,(H,18,19). The van der Waals surface area contributed by atoms with E-state index < -0.39 is 5.97 Å². The van der Waals surface area contributed by atoms with Crippen LogP contribution in [0, 0.1) is 0 Å². The number of hydrogen-bond acceptors (Lipinski definition) is 4. The number of aromatic amines is 1. The highest BCUT2D eigenvalue weighted by Crippen LogP contribution is 2.07. The quantitative estimate of drug-likeness (QED) is 0.731. The summed E-state index contributed by atoms with van der Waals surface area (Å²) in [5.74, 6) is 0.294. The topological polar surface area (TPSA) is 77.0 Å². The number of H-pyrrole nitrogens is 1. The van der Waals surface area contributed by atoms with Gasteiger partial charge in [0.15, 0.2) is 5.52 Å². The van der Waals surface area contributed by atoms with E-state index in [1.54, 1.807) is 12.3 Å². The number of hydrogen-bond donors (Lipinski definition) is 1. The van der Waals surface area contributed by atoms with Crippen molar-refractivity contribution in [2.75, 3.05) is 0 Å². The van der Waals surface area contributed by atoms with E-state index in [9.17, 15) is 9.59 Å². The molecule has 2 aromatic heterocycles. The Balaban J connectivity index is 1.72. The second kappa shape index (κ2) is 6.48. The summed E-state index contributed by atoms with van der Waals surface area (Å²) in [4.78, 5) is 31.6. The van der Waals surface area contributed by atoms with Crippen LogP contribution < -0.4 is 5.56 Å².